The molecule has 0 aliphatic carbocycles. The van der Waals surface area contributed by atoms with Gasteiger partial charge in [0.05, 0.1) is 12.2 Å². The van der Waals surface area contributed by atoms with Crippen molar-refractivity contribution in [3.05, 3.63) is 94.2 Å². The van der Waals surface area contributed by atoms with E-state index < -0.39 is 0 Å². The Bertz CT molecular complexity index is 1120. The number of rotatable bonds is 6. The summed E-state index contributed by atoms with van der Waals surface area (Å²) in [6, 6.07) is 13.8. The fourth-order valence-corrected chi connectivity index (χ4v) is 3.66. The Morgan fingerprint density at radius 3 is 2.83 bits per heavy atom. The van der Waals surface area contributed by atoms with Crippen LogP contribution in [-0.4, -0.2) is 35.9 Å². The molecule has 0 saturated heterocycles. The van der Waals surface area contributed by atoms with Gasteiger partial charge in [-0.25, -0.2) is 0 Å². The summed E-state index contributed by atoms with van der Waals surface area (Å²) < 4.78 is 7.39. The van der Waals surface area contributed by atoms with Crippen molar-refractivity contribution in [2.75, 3.05) is 13.6 Å². The molecule has 3 heterocycles. The maximum atomic E-state index is 12.6. The maximum absolute atomic E-state index is 12.6. The van der Waals surface area contributed by atoms with Gasteiger partial charge in [0.25, 0.3) is 5.56 Å². The number of fused-ring (bicyclic) bond motifs is 1. The highest BCUT2D eigenvalue weighted by molar-refractivity contribution is 6.32. The quantitative estimate of drug-likeness (QED) is 0.593. The molecule has 3 aromatic rings. The summed E-state index contributed by atoms with van der Waals surface area (Å²) in [6.07, 6.45) is 4.62. The monoisotopic (exact) mass is 399 g/mol. The van der Waals surface area contributed by atoms with Crippen LogP contribution in [0.25, 0.3) is 5.57 Å². The SMILES string of the molecule is Bc1ccc(COc2ccn(CC(=C)c3ccc4c(c3)CCN(C)C4)c(=O)c2)nc1. The Morgan fingerprint density at radius 1 is 1.20 bits per heavy atom. The van der Waals surface area contributed by atoms with Crippen molar-refractivity contribution in [1.29, 1.82) is 0 Å². The molecule has 0 fully saturated rings. The lowest BCUT2D eigenvalue weighted by Gasteiger charge is -2.25. The van der Waals surface area contributed by atoms with E-state index in [2.05, 4.69) is 41.7 Å². The van der Waals surface area contributed by atoms with Crippen LogP contribution in [0.2, 0.25) is 0 Å². The van der Waals surface area contributed by atoms with Gasteiger partial charge >= 0.3 is 0 Å². The van der Waals surface area contributed by atoms with Crippen LogP contribution in [-0.2, 0) is 26.1 Å². The zero-order chi connectivity index (χ0) is 21.1. The van der Waals surface area contributed by atoms with Gasteiger partial charge in [-0.3, -0.25) is 9.78 Å². The van der Waals surface area contributed by atoms with Gasteiger partial charge in [-0.1, -0.05) is 36.3 Å². The molecule has 0 amide bonds. The molecule has 5 nitrogen and oxygen atoms in total. The van der Waals surface area contributed by atoms with Crippen LogP contribution in [0.4, 0.5) is 0 Å². The Balaban J connectivity index is 1.41. The first-order chi connectivity index (χ1) is 14.5. The number of pyridine rings is 2. The van der Waals surface area contributed by atoms with Crippen LogP contribution in [0.15, 0.2) is 66.2 Å². The maximum Gasteiger partial charge on any atom is 0.254 e. The topological polar surface area (TPSA) is 47.4 Å². The van der Waals surface area contributed by atoms with Crippen LogP contribution in [0.5, 0.6) is 5.75 Å². The molecule has 0 saturated carbocycles. The van der Waals surface area contributed by atoms with Crippen molar-refractivity contribution in [2.45, 2.75) is 26.1 Å². The van der Waals surface area contributed by atoms with Crippen molar-refractivity contribution in [1.82, 2.24) is 14.5 Å². The third kappa shape index (κ3) is 4.71. The van der Waals surface area contributed by atoms with E-state index in [9.17, 15) is 4.79 Å². The Morgan fingerprint density at radius 2 is 2.07 bits per heavy atom. The van der Waals surface area contributed by atoms with Gasteiger partial charge in [-0.2, -0.15) is 0 Å². The van der Waals surface area contributed by atoms with Gasteiger partial charge in [-0.05, 0) is 47.9 Å². The molecule has 0 unspecified atom stereocenters. The molecule has 6 heteroatoms. The van der Waals surface area contributed by atoms with Crippen LogP contribution in [0, 0.1) is 0 Å². The van der Waals surface area contributed by atoms with E-state index in [1.54, 1.807) is 17.0 Å². The highest BCUT2D eigenvalue weighted by Gasteiger charge is 2.14. The molecule has 0 atom stereocenters. The first kappa shape index (κ1) is 20.2. The van der Waals surface area contributed by atoms with E-state index in [1.165, 1.54) is 17.2 Å². The van der Waals surface area contributed by atoms with Crippen molar-refractivity contribution < 1.29 is 4.74 Å². The Kier molecular flexibility index (Phi) is 5.86. The van der Waals surface area contributed by atoms with E-state index >= 15 is 0 Å². The van der Waals surface area contributed by atoms with Crippen LogP contribution >= 0.6 is 0 Å². The number of aromatic nitrogens is 2. The van der Waals surface area contributed by atoms with Crippen molar-refractivity contribution in [3.63, 3.8) is 0 Å². The highest BCUT2D eigenvalue weighted by atomic mass is 16.5. The summed E-state index contributed by atoms with van der Waals surface area (Å²) >= 11 is 0. The second-order valence-electron chi connectivity index (χ2n) is 8.02. The first-order valence-corrected chi connectivity index (χ1v) is 10.2. The number of allylic oxidation sites excluding steroid dienone is 1. The summed E-state index contributed by atoms with van der Waals surface area (Å²) in [5, 5.41) is 0. The number of benzene rings is 1. The third-order valence-electron chi connectivity index (χ3n) is 5.51. The smallest absolute Gasteiger partial charge is 0.254 e. The van der Waals surface area contributed by atoms with E-state index in [0.717, 1.165) is 41.8 Å². The standard InChI is InChI=1S/C24H26BN3O2/c1-17(18-3-4-20-15-27(2)9-7-19(20)11-18)14-28-10-8-23(12-24(28)29)30-16-22-6-5-21(25)13-26-22/h3-6,8,10-13H,1,7,9,14-16,25H2,2H3. The van der Waals surface area contributed by atoms with E-state index in [1.807, 2.05) is 26.0 Å². The lowest BCUT2D eigenvalue weighted by atomic mass is 9.95. The van der Waals surface area contributed by atoms with E-state index in [4.69, 9.17) is 4.74 Å². The Labute approximate surface area is 178 Å². The minimum Gasteiger partial charge on any atom is -0.487 e. The van der Waals surface area contributed by atoms with Gasteiger partial charge in [0.1, 0.15) is 20.2 Å². The fourth-order valence-electron chi connectivity index (χ4n) is 3.66. The molecular weight excluding hydrogens is 373 g/mol. The van der Waals surface area contributed by atoms with E-state index in [-0.39, 0.29) is 5.56 Å². The molecule has 1 aromatic carbocycles. The van der Waals surface area contributed by atoms with Gasteiger partial charge in [0, 0.05) is 31.5 Å². The molecule has 0 radical (unpaired) electrons. The molecule has 0 spiro atoms. The van der Waals surface area contributed by atoms with Crippen LogP contribution in [0.1, 0.15) is 22.4 Å². The second-order valence-corrected chi connectivity index (χ2v) is 8.02. The van der Waals surface area contributed by atoms with Gasteiger partial charge in [-0.15, -0.1) is 0 Å². The minimum atomic E-state index is -0.106. The predicted molar refractivity (Wildman–Crippen MR) is 123 cm³/mol. The molecule has 1 aliphatic heterocycles. The largest absolute Gasteiger partial charge is 0.487 e. The highest BCUT2D eigenvalue weighted by Crippen LogP contribution is 2.23. The van der Waals surface area contributed by atoms with Gasteiger partial charge in [0.15, 0.2) is 0 Å². The van der Waals surface area contributed by atoms with Crippen molar-refractivity contribution in [3.8, 4) is 5.75 Å². The lowest BCUT2D eigenvalue weighted by Crippen LogP contribution is -2.26. The molecule has 4 rings (SSSR count). The molecule has 2 aromatic heterocycles. The molecule has 152 valence electrons. The number of likely N-dealkylation sites (N-methyl/N-ethyl adjacent to an activating group) is 1. The number of ether oxygens (including phenoxy) is 1. The molecule has 0 N–H and O–H groups in total. The summed E-state index contributed by atoms with van der Waals surface area (Å²) in [6.45, 7) is 7.07. The van der Waals surface area contributed by atoms with Gasteiger partial charge < -0.3 is 14.2 Å². The van der Waals surface area contributed by atoms with Crippen LogP contribution < -0.4 is 15.8 Å². The second kappa shape index (κ2) is 8.72. The number of hydrogen-bond donors (Lipinski definition) is 0. The minimum absolute atomic E-state index is 0.106. The predicted octanol–water partition coefficient (Wildman–Crippen LogP) is 1.78. The summed E-state index contributed by atoms with van der Waals surface area (Å²) in [4.78, 5) is 19.2. The van der Waals surface area contributed by atoms with Crippen molar-refractivity contribution >= 4 is 18.9 Å². The summed E-state index contributed by atoms with van der Waals surface area (Å²) in [5.74, 6) is 0.544. The summed E-state index contributed by atoms with van der Waals surface area (Å²) in [5.41, 5.74) is 6.61. The molecule has 1 aliphatic rings. The first-order valence-electron chi connectivity index (χ1n) is 10.2. The summed E-state index contributed by atoms with van der Waals surface area (Å²) in [7, 11) is 4.14. The normalized spacial score (nSPS) is 13.6. The van der Waals surface area contributed by atoms with E-state index in [0.29, 0.717) is 18.9 Å². The Hall–Kier alpha value is -3.12. The van der Waals surface area contributed by atoms with Crippen LogP contribution in [0.3, 0.4) is 0 Å². The third-order valence-corrected chi connectivity index (χ3v) is 5.51. The number of hydrogen-bond acceptors (Lipinski definition) is 4. The molecule has 0 bridgehead atoms. The van der Waals surface area contributed by atoms with Gasteiger partial charge in [0.2, 0.25) is 0 Å². The number of nitrogens with zero attached hydrogens (tertiary/aromatic N) is 3. The molecular formula is C24H26BN3O2. The van der Waals surface area contributed by atoms with Crippen molar-refractivity contribution in [2.24, 2.45) is 0 Å². The fraction of sp³-hybridized carbons (Fsp3) is 0.250. The average Bonchev–Trinajstić information content (AvgIpc) is 2.74. The zero-order valence-electron chi connectivity index (χ0n) is 17.6. The zero-order valence-corrected chi connectivity index (χ0v) is 17.6. The molecule has 30 heavy (non-hydrogen) atoms. The lowest BCUT2D eigenvalue weighted by molar-refractivity contribution is 0.300. The average molecular weight is 399 g/mol.